The largest absolute Gasteiger partial charge is 0.369 e. The van der Waals surface area contributed by atoms with E-state index in [9.17, 15) is 0 Å². The van der Waals surface area contributed by atoms with Gasteiger partial charge < -0.3 is 20.1 Å². The van der Waals surface area contributed by atoms with Gasteiger partial charge in [-0.15, -0.1) is 10.2 Å². The van der Waals surface area contributed by atoms with Gasteiger partial charge in [-0.2, -0.15) is 0 Å². The van der Waals surface area contributed by atoms with E-state index in [1.54, 1.807) is 11.8 Å². The van der Waals surface area contributed by atoms with Gasteiger partial charge in [-0.3, -0.25) is 4.99 Å². The Morgan fingerprint density at radius 3 is 2.77 bits per heavy atom. The maximum atomic E-state index is 4.82. The number of benzene rings is 1. The number of aryl methyl sites for hydroxylation is 1. The quantitative estimate of drug-likeness (QED) is 0.254. The van der Waals surface area contributed by atoms with E-state index in [1.807, 2.05) is 0 Å². The lowest BCUT2D eigenvalue weighted by atomic mass is 10.2. The number of thioether (sulfide) groups is 1. The van der Waals surface area contributed by atoms with E-state index in [2.05, 4.69) is 87.7 Å². The summed E-state index contributed by atoms with van der Waals surface area (Å²) in [6.45, 7) is 11.2. The SMILES string of the molecule is CCNC(=NCCCc1nnc(SC)n1CC(C)C)NC1CCN(c2ccccc2)C1. The van der Waals surface area contributed by atoms with Crippen molar-refractivity contribution in [3.05, 3.63) is 36.2 Å². The molecule has 0 spiro atoms. The van der Waals surface area contributed by atoms with Gasteiger partial charge in [0, 0.05) is 50.9 Å². The molecule has 0 radical (unpaired) electrons. The van der Waals surface area contributed by atoms with E-state index >= 15 is 0 Å². The summed E-state index contributed by atoms with van der Waals surface area (Å²) in [6.07, 6.45) is 5.04. The second-order valence-electron chi connectivity index (χ2n) is 8.38. The van der Waals surface area contributed by atoms with E-state index in [0.717, 1.165) is 68.9 Å². The number of anilines is 1. The van der Waals surface area contributed by atoms with Crippen LogP contribution >= 0.6 is 11.8 Å². The van der Waals surface area contributed by atoms with Crippen molar-refractivity contribution in [1.29, 1.82) is 0 Å². The van der Waals surface area contributed by atoms with Crippen molar-refractivity contribution in [3.8, 4) is 0 Å². The molecule has 1 atom stereocenters. The van der Waals surface area contributed by atoms with Crippen LogP contribution in [0.4, 0.5) is 5.69 Å². The van der Waals surface area contributed by atoms with Gasteiger partial charge in [0.2, 0.25) is 0 Å². The molecule has 1 aliphatic rings. The summed E-state index contributed by atoms with van der Waals surface area (Å²) in [5.74, 6) is 2.56. The highest BCUT2D eigenvalue weighted by molar-refractivity contribution is 7.98. The molecule has 1 unspecified atom stereocenters. The monoisotopic (exact) mass is 443 g/mol. The van der Waals surface area contributed by atoms with Crippen molar-refractivity contribution in [1.82, 2.24) is 25.4 Å². The van der Waals surface area contributed by atoms with Crippen molar-refractivity contribution in [3.63, 3.8) is 0 Å². The van der Waals surface area contributed by atoms with Gasteiger partial charge in [0.1, 0.15) is 5.82 Å². The summed E-state index contributed by atoms with van der Waals surface area (Å²) in [4.78, 5) is 7.26. The fraction of sp³-hybridized carbons (Fsp3) is 0.609. The number of hydrogen-bond acceptors (Lipinski definition) is 5. The number of nitrogens with zero attached hydrogens (tertiary/aromatic N) is 5. The standard InChI is InChI=1S/C23H37N7S/c1-5-24-22(26-19-13-15-29(17-19)20-10-7-6-8-11-20)25-14-9-12-21-27-28-23(31-4)30(21)16-18(2)3/h6-8,10-11,18-19H,5,9,12-17H2,1-4H3,(H2,24,25,26). The first-order valence-corrected chi connectivity index (χ1v) is 12.6. The lowest BCUT2D eigenvalue weighted by molar-refractivity contribution is 0.477. The Hall–Kier alpha value is -2.22. The van der Waals surface area contributed by atoms with Crippen LogP contribution in [0.2, 0.25) is 0 Å². The third kappa shape index (κ3) is 6.89. The zero-order valence-electron chi connectivity index (χ0n) is 19.3. The van der Waals surface area contributed by atoms with E-state index in [4.69, 9.17) is 4.99 Å². The first-order chi connectivity index (χ1) is 15.1. The van der Waals surface area contributed by atoms with Crippen LogP contribution in [0.25, 0.3) is 0 Å². The maximum Gasteiger partial charge on any atom is 0.191 e. The van der Waals surface area contributed by atoms with Crippen molar-refractivity contribution in [2.45, 2.75) is 57.8 Å². The Labute approximate surface area is 191 Å². The average Bonchev–Trinajstić information content (AvgIpc) is 3.38. The van der Waals surface area contributed by atoms with Crippen LogP contribution in [-0.2, 0) is 13.0 Å². The summed E-state index contributed by atoms with van der Waals surface area (Å²) < 4.78 is 2.26. The van der Waals surface area contributed by atoms with Gasteiger partial charge in [0.05, 0.1) is 0 Å². The molecule has 1 aromatic carbocycles. The predicted molar refractivity (Wildman–Crippen MR) is 131 cm³/mol. The van der Waals surface area contributed by atoms with Crippen LogP contribution in [0, 0.1) is 5.92 Å². The Bertz CT molecular complexity index is 819. The first kappa shape index (κ1) is 23.4. The van der Waals surface area contributed by atoms with Crippen molar-refractivity contribution >= 4 is 23.4 Å². The molecule has 1 saturated heterocycles. The molecule has 3 rings (SSSR count). The zero-order valence-corrected chi connectivity index (χ0v) is 20.2. The molecular weight excluding hydrogens is 406 g/mol. The fourth-order valence-electron chi connectivity index (χ4n) is 3.90. The number of aromatic nitrogens is 3. The van der Waals surface area contributed by atoms with Crippen molar-refractivity contribution < 1.29 is 0 Å². The summed E-state index contributed by atoms with van der Waals surface area (Å²) in [5.41, 5.74) is 1.30. The minimum Gasteiger partial charge on any atom is -0.369 e. The van der Waals surface area contributed by atoms with Gasteiger partial charge in [-0.1, -0.05) is 43.8 Å². The van der Waals surface area contributed by atoms with Crippen LogP contribution < -0.4 is 15.5 Å². The maximum absolute atomic E-state index is 4.82. The number of hydrogen-bond donors (Lipinski definition) is 2. The Morgan fingerprint density at radius 1 is 1.26 bits per heavy atom. The third-order valence-corrected chi connectivity index (χ3v) is 6.01. The second-order valence-corrected chi connectivity index (χ2v) is 9.16. The van der Waals surface area contributed by atoms with Gasteiger partial charge in [-0.05, 0) is 44.1 Å². The molecule has 0 amide bonds. The second kappa shape index (κ2) is 12.0. The number of rotatable bonds is 10. The molecule has 2 heterocycles. The molecule has 0 bridgehead atoms. The predicted octanol–water partition coefficient (Wildman–Crippen LogP) is 3.42. The Morgan fingerprint density at radius 2 is 2.06 bits per heavy atom. The molecule has 2 N–H and O–H groups in total. The normalized spacial score (nSPS) is 16.9. The smallest absolute Gasteiger partial charge is 0.191 e. The van der Waals surface area contributed by atoms with Gasteiger partial charge in [0.15, 0.2) is 11.1 Å². The summed E-state index contributed by atoms with van der Waals surface area (Å²) >= 11 is 1.66. The minimum absolute atomic E-state index is 0.413. The average molecular weight is 444 g/mol. The molecule has 1 aromatic heterocycles. The fourth-order valence-corrected chi connectivity index (χ4v) is 4.42. The number of aliphatic imine (C=N–C) groups is 1. The number of guanidine groups is 1. The number of nitrogens with one attached hydrogen (secondary N) is 2. The topological polar surface area (TPSA) is 70.4 Å². The molecule has 8 heteroatoms. The molecule has 0 aliphatic carbocycles. The minimum atomic E-state index is 0.413. The zero-order chi connectivity index (χ0) is 22.1. The van der Waals surface area contributed by atoms with Crippen LogP contribution in [0.15, 0.2) is 40.5 Å². The molecule has 1 aliphatic heterocycles. The van der Waals surface area contributed by atoms with E-state index in [0.29, 0.717) is 12.0 Å². The molecule has 170 valence electrons. The summed E-state index contributed by atoms with van der Waals surface area (Å²) in [7, 11) is 0. The van der Waals surface area contributed by atoms with Crippen LogP contribution in [0.3, 0.4) is 0 Å². The first-order valence-electron chi connectivity index (χ1n) is 11.4. The third-order valence-electron chi connectivity index (χ3n) is 5.35. The summed E-state index contributed by atoms with van der Waals surface area (Å²) in [5, 5.41) is 16.8. The summed E-state index contributed by atoms with van der Waals surface area (Å²) in [6, 6.07) is 11.1. The van der Waals surface area contributed by atoms with Gasteiger partial charge in [0.25, 0.3) is 0 Å². The Balaban J connectivity index is 1.51. The molecule has 1 fully saturated rings. The molecule has 2 aromatic rings. The lowest BCUT2D eigenvalue weighted by Crippen LogP contribution is -2.44. The van der Waals surface area contributed by atoms with Crippen molar-refractivity contribution in [2.24, 2.45) is 10.9 Å². The highest BCUT2D eigenvalue weighted by atomic mass is 32.2. The van der Waals surface area contributed by atoms with Gasteiger partial charge >= 0.3 is 0 Å². The van der Waals surface area contributed by atoms with E-state index in [1.165, 1.54) is 5.69 Å². The van der Waals surface area contributed by atoms with Gasteiger partial charge in [-0.25, -0.2) is 0 Å². The molecule has 31 heavy (non-hydrogen) atoms. The van der Waals surface area contributed by atoms with E-state index in [-0.39, 0.29) is 0 Å². The Kier molecular flexibility index (Phi) is 9.06. The highest BCUT2D eigenvalue weighted by Gasteiger charge is 2.23. The van der Waals surface area contributed by atoms with E-state index < -0.39 is 0 Å². The van der Waals surface area contributed by atoms with Crippen molar-refractivity contribution in [2.75, 3.05) is 37.3 Å². The number of para-hydroxylation sites is 1. The molecule has 0 saturated carbocycles. The molecule has 7 nitrogen and oxygen atoms in total. The molecular formula is C23H37N7S. The highest BCUT2D eigenvalue weighted by Crippen LogP contribution is 2.20. The van der Waals surface area contributed by atoms with Crippen LogP contribution in [0.5, 0.6) is 0 Å². The van der Waals surface area contributed by atoms with Crippen LogP contribution in [0.1, 0.15) is 39.4 Å². The van der Waals surface area contributed by atoms with Crippen LogP contribution in [-0.4, -0.2) is 59.2 Å². The lowest BCUT2D eigenvalue weighted by Gasteiger charge is -2.20.